The highest BCUT2D eigenvalue weighted by Gasteiger charge is 2.13. The summed E-state index contributed by atoms with van der Waals surface area (Å²) >= 11 is 0. The second-order valence-corrected chi connectivity index (χ2v) is 2.58. The summed E-state index contributed by atoms with van der Waals surface area (Å²) in [5, 5.41) is 0. The van der Waals surface area contributed by atoms with Gasteiger partial charge in [0.1, 0.15) is 0 Å². The van der Waals surface area contributed by atoms with E-state index in [1.54, 1.807) is 6.08 Å². The highest BCUT2D eigenvalue weighted by atomic mass is 16.1. The summed E-state index contributed by atoms with van der Waals surface area (Å²) in [7, 11) is 0. The van der Waals surface area contributed by atoms with Crippen molar-refractivity contribution in [1.29, 1.82) is 0 Å². The Morgan fingerprint density at radius 2 is 2.11 bits per heavy atom. The van der Waals surface area contributed by atoms with Gasteiger partial charge in [-0.1, -0.05) is 12.8 Å². The third kappa shape index (κ3) is 1.98. The average Bonchev–Trinajstić information content (AvgIpc) is 2.34. The van der Waals surface area contributed by atoms with Gasteiger partial charge in [0.05, 0.1) is 6.54 Å². The van der Waals surface area contributed by atoms with Gasteiger partial charge in [-0.3, -0.25) is 0 Å². The van der Waals surface area contributed by atoms with Gasteiger partial charge in [0.25, 0.3) is 0 Å². The Kier molecular flexibility index (Phi) is 2.47. The summed E-state index contributed by atoms with van der Waals surface area (Å²) in [6.45, 7) is 0.712. The first kappa shape index (κ1) is 6.50. The highest BCUT2D eigenvalue weighted by Crippen LogP contribution is 2.24. The minimum Gasteiger partial charge on any atom is -0.211 e. The summed E-state index contributed by atoms with van der Waals surface area (Å²) in [5.74, 6) is 0.687. The molecular weight excluding hydrogens is 114 g/mol. The average molecular weight is 125 g/mol. The molecule has 9 heavy (non-hydrogen) atoms. The maximum absolute atomic E-state index is 9.67. The van der Waals surface area contributed by atoms with Gasteiger partial charge in [-0.25, -0.2) is 9.79 Å². The van der Waals surface area contributed by atoms with E-state index in [1.807, 2.05) is 0 Å². The number of hydrogen-bond acceptors (Lipinski definition) is 2. The summed E-state index contributed by atoms with van der Waals surface area (Å²) in [6.07, 6.45) is 6.72. The van der Waals surface area contributed by atoms with Gasteiger partial charge in [-0.2, -0.15) is 0 Å². The minimum absolute atomic E-state index is 0.687. The molecule has 1 aliphatic rings. The Morgan fingerprint density at radius 1 is 1.44 bits per heavy atom. The van der Waals surface area contributed by atoms with Crippen molar-refractivity contribution >= 4 is 6.08 Å². The molecule has 0 saturated heterocycles. The molecule has 1 fully saturated rings. The van der Waals surface area contributed by atoms with Gasteiger partial charge in [0.15, 0.2) is 0 Å². The van der Waals surface area contributed by atoms with E-state index in [0.29, 0.717) is 12.5 Å². The zero-order valence-corrected chi connectivity index (χ0v) is 5.47. The first-order valence-corrected chi connectivity index (χ1v) is 3.47. The van der Waals surface area contributed by atoms with E-state index in [2.05, 4.69) is 4.99 Å². The van der Waals surface area contributed by atoms with Crippen molar-refractivity contribution in [2.75, 3.05) is 6.54 Å². The first-order chi connectivity index (χ1) is 4.43. The fourth-order valence-corrected chi connectivity index (χ4v) is 1.36. The molecule has 0 aromatic rings. The highest BCUT2D eigenvalue weighted by molar-refractivity contribution is 5.32. The van der Waals surface area contributed by atoms with Crippen LogP contribution in [0.5, 0.6) is 0 Å². The van der Waals surface area contributed by atoms with Gasteiger partial charge in [-0.15, -0.1) is 0 Å². The maximum Gasteiger partial charge on any atom is 0.234 e. The monoisotopic (exact) mass is 125 g/mol. The normalized spacial score (nSPS) is 19.6. The molecule has 1 aliphatic carbocycles. The second kappa shape index (κ2) is 3.41. The van der Waals surface area contributed by atoms with E-state index in [9.17, 15) is 4.79 Å². The zero-order valence-electron chi connectivity index (χ0n) is 5.47. The van der Waals surface area contributed by atoms with E-state index in [-0.39, 0.29) is 0 Å². The fourth-order valence-electron chi connectivity index (χ4n) is 1.36. The predicted octanol–water partition coefficient (Wildman–Crippen LogP) is 1.51. The second-order valence-electron chi connectivity index (χ2n) is 2.58. The first-order valence-electron chi connectivity index (χ1n) is 3.47. The summed E-state index contributed by atoms with van der Waals surface area (Å²) < 4.78 is 0. The van der Waals surface area contributed by atoms with E-state index in [4.69, 9.17) is 0 Å². The van der Waals surface area contributed by atoms with Crippen molar-refractivity contribution in [3.63, 3.8) is 0 Å². The van der Waals surface area contributed by atoms with Crippen molar-refractivity contribution in [3.8, 4) is 0 Å². The van der Waals surface area contributed by atoms with E-state index in [0.717, 1.165) is 0 Å². The molecule has 2 nitrogen and oxygen atoms in total. The standard InChI is InChI=1S/C7H11NO/c9-6-8-5-7-3-1-2-4-7/h7H,1-5H2. The summed E-state index contributed by atoms with van der Waals surface area (Å²) in [6, 6.07) is 0. The zero-order chi connectivity index (χ0) is 6.53. The molecular formula is C7H11NO. The molecule has 0 N–H and O–H groups in total. The predicted molar refractivity (Wildman–Crippen MR) is 34.9 cm³/mol. The fraction of sp³-hybridized carbons (Fsp3) is 0.857. The smallest absolute Gasteiger partial charge is 0.211 e. The Hall–Kier alpha value is -0.620. The van der Waals surface area contributed by atoms with Crippen molar-refractivity contribution in [1.82, 2.24) is 0 Å². The molecule has 1 saturated carbocycles. The molecule has 50 valence electrons. The van der Waals surface area contributed by atoms with Gasteiger partial charge in [0.2, 0.25) is 6.08 Å². The number of carbonyl (C=O) groups excluding carboxylic acids is 1. The van der Waals surface area contributed by atoms with Gasteiger partial charge in [-0.05, 0) is 18.8 Å². The molecule has 0 aromatic carbocycles. The van der Waals surface area contributed by atoms with Crippen LogP contribution < -0.4 is 0 Å². The number of isocyanates is 1. The molecule has 0 spiro atoms. The van der Waals surface area contributed by atoms with Crippen molar-refractivity contribution in [2.24, 2.45) is 10.9 Å². The lowest BCUT2D eigenvalue weighted by Gasteiger charge is -1.99. The maximum atomic E-state index is 9.67. The Balaban J connectivity index is 2.18. The molecule has 0 atom stereocenters. The Bertz CT molecular complexity index is 121. The number of rotatable bonds is 2. The van der Waals surface area contributed by atoms with Gasteiger partial charge >= 0.3 is 0 Å². The third-order valence-electron chi connectivity index (χ3n) is 1.89. The molecule has 0 radical (unpaired) electrons. The molecule has 0 aliphatic heterocycles. The molecule has 0 aromatic heterocycles. The molecule has 0 unspecified atom stereocenters. The van der Waals surface area contributed by atoms with Crippen LogP contribution >= 0.6 is 0 Å². The molecule has 0 heterocycles. The lowest BCUT2D eigenvalue weighted by atomic mass is 10.1. The molecule has 0 bridgehead atoms. The van der Waals surface area contributed by atoms with Crippen LogP contribution in [0.3, 0.4) is 0 Å². The van der Waals surface area contributed by atoms with Crippen LogP contribution in [-0.4, -0.2) is 12.6 Å². The van der Waals surface area contributed by atoms with Crippen LogP contribution in [0.1, 0.15) is 25.7 Å². The topological polar surface area (TPSA) is 29.4 Å². The van der Waals surface area contributed by atoms with Crippen LogP contribution in [0.25, 0.3) is 0 Å². The van der Waals surface area contributed by atoms with Crippen LogP contribution in [0.15, 0.2) is 4.99 Å². The lowest BCUT2D eigenvalue weighted by Crippen LogP contribution is -1.96. The quantitative estimate of drug-likeness (QED) is 0.406. The Labute approximate surface area is 55.0 Å². The third-order valence-corrected chi connectivity index (χ3v) is 1.89. The van der Waals surface area contributed by atoms with Crippen LogP contribution in [0, 0.1) is 5.92 Å². The number of hydrogen-bond donors (Lipinski definition) is 0. The van der Waals surface area contributed by atoms with Crippen molar-refractivity contribution in [3.05, 3.63) is 0 Å². The van der Waals surface area contributed by atoms with Gasteiger partial charge in [0, 0.05) is 0 Å². The van der Waals surface area contributed by atoms with Crippen LogP contribution in [-0.2, 0) is 4.79 Å². The Morgan fingerprint density at radius 3 is 2.67 bits per heavy atom. The molecule has 1 rings (SSSR count). The summed E-state index contributed by atoms with van der Waals surface area (Å²) in [4.78, 5) is 13.2. The molecule has 2 heteroatoms. The van der Waals surface area contributed by atoms with Crippen LogP contribution in [0.2, 0.25) is 0 Å². The van der Waals surface area contributed by atoms with E-state index >= 15 is 0 Å². The van der Waals surface area contributed by atoms with Crippen LogP contribution in [0.4, 0.5) is 0 Å². The number of aliphatic imine (C=N–C) groups is 1. The van der Waals surface area contributed by atoms with E-state index < -0.39 is 0 Å². The lowest BCUT2D eigenvalue weighted by molar-refractivity contribution is 0.540. The van der Waals surface area contributed by atoms with Crippen molar-refractivity contribution < 1.29 is 4.79 Å². The summed E-state index contributed by atoms with van der Waals surface area (Å²) in [5.41, 5.74) is 0. The SMILES string of the molecule is O=C=NCC1CCCC1. The van der Waals surface area contributed by atoms with Gasteiger partial charge < -0.3 is 0 Å². The minimum atomic E-state index is 0.687. The largest absolute Gasteiger partial charge is 0.234 e. The van der Waals surface area contributed by atoms with E-state index in [1.165, 1.54) is 25.7 Å². The number of nitrogens with zero attached hydrogens (tertiary/aromatic N) is 1. The van der Waals surface area contributed by atoms with Crippen molar-refractivity contribution in [2.45, 2.75) is 25.7 Å². The molecule has 0 amide bonds.